The van der Waals surface area contributed by atoms with Crippen LogP contribution >= 0.6 is 11.6 Å². The minimum atomic E-state index is -4.73. The fraction of sp³-hybridized carbons (Fsp3) is 0.400. The van der Waals surface area contributed by atoms with Crippen LogP contribution in [-0.4, -0.2) is 24.9 Å². The van der Waals surface area contributed by atoms with Crippen molar-refractivity contribution >= 4 is 23.6 Å². The van der Waals surface area contributed by atoms with E-state index in [-0.39, 0.29) is 12.4 Å². The standard InChI is InChI=1S/C15H14ClF3O3/c1-4-21-14(20)10-6-9-8(3)11(16)5-7(2)12(9)22-13(10)15(17,18)19/h5-6,13H,4H2,1-3H3. The van der Waals surface area contributed by atoms with Crippen LogP contribution in [0.15, 0.2) is 11.6 Å². The first-order valence-corrected chi connectivity index (χ1v) is 6.96. The number of carbonyl (C=O) groups excluding carboxylic acids is 1. The van der Waals surface area contributed by atoms with Gasteiger partial charge in [0, 0.05) is 10.6 Å². The van der Waals surface area contributed by atoms with Gasteiger partial charge < -0.3 is 9.47 Å². The van der Waals surface area contributed by atoms with E-state index in [2.05, 4.69) is 0 Å². The molecule has 0 radical (unpaired) electrons. The normalized spacial score (nSPS) is 17.4. The van der Waals surface area contributed by atoms with Gasteiger partial charge in [0.15, 0.2) is 0 Å². The van der Waals surface area contributed by atoms with E-state index in [1.54, 1.807) is 13.8 Å². The molecular formula is C15H14ClF3O3. The molecular weight excluding hydrogens is 321 g/mol. The van der Waals surface area contributed by atoms with Crippen LogP contribution in [0.2, 0.25) is 5.02 Å². The highest BCUT2D eigenvalue weighted by molar-refractivity contribution is 6.31. The molecule has 1 heterocycles. The number of halogens is 4. The maximum Gasteiger partial charge on any atom is 0.430 e. The van der Waals surface area contributed by atoms with Crippen molar-refractivity contribution in [3.8, 4) is 5.75 Å². The van der Waals surface area contributed by atoms with E-state index in [1.165, 1.54) is 13.0 Å². The second-order valence-electron chi connectivity index (χ2n) is 4.90. The molecule has 0 aromatic heterocycles. The van der Waals surface area contributed by atoms with E-state index in [9.17, 15) is 18.0 Å². The molecule has 0 bridgehead atoms. The number of hydrogen-bond acceptors (Lipinski definition) is 3. The van der Waals surface area contributed by atoms with Crippen LogP contribution < -0.4 is 4.74 Å². The number of aryl methyl sites for hydroxylation is 1. The van der Waals surface area contributed by atoms with Crippen molar-refractivity contribution in [2.45, 2.75) is 33.1 Å². The van der Waals surface area contributed by atoms with Crippen molar-refractivity contribution in [3.05, 3.63) is 33.4 Å². The summed E-state index contributed by atoms with van der Waals surface area (Å²) in [5.74, 6) is -0.968. The second-order valence-corrected chi connectivity index (χ2v) is 5.31. The van der Waals surface area contributed by atoms with Crippen LogP contribution in [0, 0.1) is 13.8 Å². The maximum atomic E-state index is 13.2. The summed E-state index contributed by atoms with van der Waals surface area (Å²) in [6, 6.07) is 1.53. The third-order valence-electron chi connectivity index (χ3n) is 3.33. The molecule has 0 amide bonds. The lowest BCUT2D eigenvalue weighted by Gasteiger charge is -2.29. The van der Waals surface area contributed by atoms with Gasteiger partial charge >= 0.3 is 12.1 Å². The van der Waals surface area contributed by atoms with Gasteiger partial charge in [-0.25, -0.2) is 4.79 Å². The zero-order chi connectivity index (χ0) is 16.7. The quantitative estimate of drug-likeness (QED) is 0.759. The Morgan fingerprint density at radius 2 is 2.05 bits per heavy atom. The van der Waals surface area contributed by atoms with Crippen molar-refractivity contribution in [2.75, 3.05) is 6.61 Å². The number of carbonyl (C=O) groups is 1. The lowest BCUT2D eigenvalue weighted by molar-refractivity contribution is -0.188. The first kappa shape index (κ1) is 16.7. The van der Waals surface area contributed by atoms with Crippen molar-refractivity contribution in [1.82, 2.24) is 0 Å². The van der Waals surface area contributed by atoms with Crippen LogP contribution in [0.4, 0.5) is 13.2 Å². The van der Waals surface area contributed by atoms with Gasteiger partial charge in [-0.2, -0.15) is 13.2 Å². The highest BCUT2D eigenvalue weighted by Crippen LogP contribution is 2.42. The molecule has 2 rings (SSSR count). The van der Waals surface area contributed by atoms with Crippen LogP contribution in [-0.2, 0) is 9.53 Å². The summed E-state index contributed by atoms with van der Waals surface area (Å²) in [5.41, 5.74) is 0.809. The van der Waals surface area contributed by atoms with Crippen molar-refractivity contribution in [1.29, 1.82) is 0 Å². The first-order chi connectivity index (χ1) is 10.2. The van der Waals surface area contributed by atoms with Gasteiger partial charge in [0.25, 0.3) is 0 Å². The van der Waals surface area contributed by atoms with E-state index in [0.29, 0.717) is 21.7 Å². The zero-order valence-corrected chi connectivity index (χ0v) is 12.9. The van der Waals surface area contributed by atoms with Crippen LogP contribution in [0.1, 0.15) is 23.6 Å². The Balaban J connectivity index is 2.64. The van der Waals surface area contributed by atoms with E-state index in [4.69, 9.17) is 21.1 Å². The minimum absolute atomic E-state index is 0.0266. The Bertz CT molecular complexity index is 650. The van der Waals surface area contributed by atoms with Gasteiger partial charge in [0.1, 0.15) is 5.75 Å². The molecule has 3 nitrogen and oxygen atoms in total. The Morgan fingerprint density at radius 1 is 1.41 bits per heavy atom. The molecule has 0 N–H and O–H groups in total. The van der Waals surface area contributed by atoms with Gasteiger partial charge in [0.2, 0.25) is 6.10 Å². The van der Waals surface area contributed by atoms with E-state index < -0.39 is 23.8 Å². The van der Waals surface area contributed by atoms with Gasteiger partial charge in [-0.1, -0.05) is 11.6 Å². The minimum Gasteiger partial charge on any atom is -0.475 e. The molecule has 0 fully saturated rings. The number of hydrogen-bond donors (Lipinski definition) is 0. The first-order valence-electron chi connectivity index (χ1n) is 6.58. The number of alkyl halides is 3. The zero-order valence-electron chi connectivity index (χ0n) is 12.2. The average Bonchev–Trinajstić information content (AvgIpc) is 2.43. The van der Waals surface area contributed by atoms with E-state index >= 15 is 0 Å². The SMILES string of the molecule is CCOC(=O)C1=Cc2c(C)c(Cl)cc(C)c2OC1C(F)(F)F. The van der Waals surface area contributed by atoms with Crippen molar-refractivity contribution in [3.63, 3.8) is 0 Å². The molecule has 1 aliphatic rings. The third kappa shape index (κ3) is 2.92. The molecule has 7 heteroatoms. The largest absolute Gasteiger partial charge is 0.475 e. The number of benzene rings is 1. The predicted octanol–water partition coefficient (Wildman–Crippen LogP) is 4.23. The van der Waals surface area contributed by atoms with Crippen LogP contribution in [0.3, 0.4) is 0 Å². The number of ether oxygens (including phenoxy) is 2. The fourth-order valence-electron chi connectivity index (χ4n) is 2.24. The molecule has 120 valence electrons. The molecule has 1 aliphatic heterocycles. The van der Waals surface area contributed by atoms with Gasteiger partial charge in [0.05, 0.1) is 12.2 Å². The molecule has 0 aliphatic carbocycles. The van der Waals surface area contributed by atoms with Crippen molar-refractivity contribution < 1.29 is 27.4 Å². The highest BCUT2D eigenvalue weighted by Gasteiger charge is 2.49. The smallest absolute Gasteiger partial charge is 0.430 e. The topological polar surface area (TPSA) is 35.5 Å². The summed E-state index contributed by atoms with van der Waals surface area (Å²) in [6.45, 7) is 4.74. The predicted molar refractivity (Wildman–Crippen MR) is 76.0 cm³/mol. The molecule has 1 aromatic carbocycles. The molecule has 1 unspecified atom stereocenters. The summed E-state index contributed by atoms with van der Waals surface area (Å²) in [5, 5.41) is 0.393. The number of fused-ring (bicyclic) bond motifs is 1. The van der Waals surface area contributed by atoms with Gasteiger partial charge in [-0.05, 0) is 44.0 Å². The van der Waals surface area contributed by atoms with E-state index in [0.717, 1.165) is 6.08 Å². The average molecular weight is 335 g/mol. The Kier molecular flexibility index (Phi) is 4.42. The van der Waals surface area contributed by atoms with Crippen LogP contribution in [0.5, 0.6) is 5.75 Å². The lowest BCUT2D eigenvalue weighted by atomic mass is 9.95. The summed E-state index contributed by atoms with van der Waals surface area (Å²) in [7, 11) is 0. The molecule has 1 atom stereocenters. The summed E-state index contributed by atoms with van der Waals surface area (Å²) >= 11 is 6.04. The molecule has 22 heavy (non-hydrogen) atoms. The molecule has 0 spiro atoms. The number of rotatable bonds is 2. The number of esters is 1. The van der Waals surface area contributed by atoms with Crippen molar-refractivity contribution in [2.24, 2.45) is 0 Å². The van der Waals surface area contributed by atoms with Gasteiger partial charge in [-0.3, -0.25) is 0 Å². The van der Waals surface area contributed by atoms with E-state index in [1.807, 2.05) is 0 Å². The Labute approximate surface area is 130 Å². The fourth-order valence-corrected chi connectivity index (χ4v) is 2.51. The molecule has 0 saturated heterocycles. The second kappa shape index (κ2) is 5.83. The molecule has 1 aromatic rings. The molecule has 0 saturated carbocycles. The van der Waals surface area contributed by atoms with Gasteiger partial charge in [-0.15, -0.1) is 0 Å². The monoisotopic (exact) mass is 334 g/mol. The Hall–Kier alpha value is -1.69. The summed E-state index contributed by atoms with van der Waals surface area (Å²) < 4.78 is 49.4. The maximum absolute atomic E-state index is 13.2. The summed E-state index contributed by atoms with van der Waals surface area (Å²) in [6.07, 6.45) is -5.92. The lowest BCUT2D eigenvalue weighted by Crippen LogP contribution is -2.41. The van der Waals surface area contributed by atoms with Crippen LogP contribution in [0.25, 0.3) is 6.08 Å². The summed E-state index contributed by atoms with van der Waals surface area (Å²) in [4.78, 5) is 11.8. The third-order valence-corrected chi connectivity index (χ3v) is 3.73. The Morgan fingerprint density at radius 3 is 2.59 bits per heavy atom. The highest BCUT2D eigenvalue weighted by atomic mass is 35.5.